The van der Waals surface area contributed by atoms with E-state index in [-0.39, 0.29) is 6.54 Å². The summed E-state index contributed by atoms with van der Waals surface area (Å²) in [5, 5.41) is 49.0. The Balaban J connectivity index is 2.42. The second-order valence-electron chi connectivity index (χ2n) is 3.89. The van der Waals surface area contributed by atoms with E-state index in [0.717, 1.165) is 0 Å². The predicted octanol–water partition coefficient (Wildman–Crippen LogP) is -2.07. The first-order valence-electron chi connectivity index (χ1n) is 5.54. The van der Waals surface area contributed by atoms with Crippen LogP contribution in [-0.2, 0) is 0 Å². The lowest BCUT2D eigenvalue weighted by molar-refractivity contribution is -0.111. The molecule has 0 amide bonds. The molecule has 0 spiro atoms. The van der Waals surface area contributed by atoms with Gasteiger partial charge >= 0.3 is 0 Å². The van der Waals surface area contributed by atoms with Gasteiger partial charge in [0.2, 0.25) is 0 Å². The summed E-state index contributed by atoms with van der Waals surface area (Å²) in [5.41, 5.74) is 0. The highest BCUT2D eigenvalue weighted by atomic mass is 16.4. The number of nitrogens with zero attached hydrogens (tertiary/aromatic N) is 1. The Morgan fingerprint density at radius 3 is 2.28 bits per heavy atom. The van der Waals surface area contributed by atoms with Crippen molar-refractivity contribution >= 4 is 5.82 Å². The van der Waals surface area contributed by atoms with E-state index in [4.69, 9.17) is 10.2 Å². The van der Waals surface area contributed by atoms with E-state index in [1.807, 2.05) is 0 Å². The normalized spacial score (nSPS) is 17.8. The lowest BCUT2D eigenvalue weighted by Crippen LogP contribution is -2.48. The summed E-state index contributed by atoms with van der Waals surface area (Å²) in [6.45, 7) is -0.744. The van der Waals surface area contributed by atoms with Crippen molar-refractivity contribution in [3.8, 4) is 0 Å². The molecule has 0 bridgehead atoms. The van der Waals surface area contributed by atoms with Crippen LogP contribution in [-0.4, -0.2) is 68.1 Å². The van der Waals surface area contributed by atoms with Gasteiger partial charge in [0.15, 0.2) is 0 Å². The Bertz CT molecular complexity index is 337. The molecule has 0 fully saturated rings. The summed E-state index contributed by atoms with van der Waals surface area (Å²) in [6.07, 6.45) is -4.42. The molecular weight excluding hydrogens is 240 g/mol. The van der Waals surface area contributed by atoms with Crippen LogP contribution < -0.4 is 5.32 Å². The molecule has 18 heavy (non-hydrogen) atoms. The molecule has 7 heteroatoms. The van der Waals surface area contributed by atoms with Gasteiger partial charge in [-0.1, -0.05) is 6.07 Å². The maximum atomic E-state index is 9.60. The number of hydrogen-bond donors (Lipinski definition) is 6. The van der Waals surface area contributed by atoms with Crippen LogP contribution in [0.3, 0.4) is 0 Å². The number of aliphatic hydroxyl groups excluding tert-OH is 5. The van der Waals surface area contributed by atoms with Gasteiger partial charge < -0.3 is 30.8 Å². The Kier molecular flexibility index (Phi) is 5.96. The molecule has 0 saturated carbocycles. The second-order valence-corrected chi connectivity index (χ2v) is 3.89. The van der Waals surface area contributed by atoms with Crippen molar-refractivity contribution in [2.24, 2.45) is 0 Å². The number of aliphatic hydroxyl groups is 5. The highest BCUT2D eigenvalue weighted by Crippen LogP contribution is 2.07. The fraction of sp³-hybridized carbons (Fsp3) is 0.545. The van der Waals surface area contributed by atoms with Gasteiger partial charge in [-0.2, -0.15) is 0 Å². The monoisotopic (exact) mass is 258 g/mol. The van der Waals surface area contributed by atoms with E-state index < -0.39 is 31.0 Å². The molecule has 0 aromatic carbocycles. The molecule has 0 aliphatic carbocycles. The number of nitrogens with one attached hydrogen (secondary N) is 1. The van der Waals surface area contributed by atoms with Gasteiger partial charge in [-0.15, -0.1) is 0 Å². The highest BCUT2D eigenvalue weighted by molar-refractivity contribution is 5.33. The minimum absolute atomic E-state index is 0.0482. The molecule has 0 radical (unpaired) electrons. The number of pyridine rings is 1. The van der Waals surface area contributed by atoms with E-state index in [2.05, 4.69) is 10.3 Å². The topological polar surface area (TPSA) is 126 Å². The minimum atomic E-state index is -1.62. The van der Waals surface area contributed by atoms with E-state index in [9.17, 15) is 15.3 Å². The maximum absolute atomic E-state index is 9.60. The molecule has 0 aliphatic rings. The van der Waals surface area contributed by atoms with Gasteiger partial charge in [0.25, 0.3) is 0 Å². The molecule has 1 heterocycles. The standard InChI is InChI=1S/C11H18N2O5/c14-6-8(16)11(18)10(17)7(15)5-13-9-3-1-2-4-12-9/h1-4,7-8,10-11,14-18H,5-6H2,(H,12,13)/t7-,8+,10+,11+/m0/s1. The van der Waals surface area contributed by atoms with Crippen molar-refractivity contribution in [1.82, 2.24) is 4.98 Å². The average Bonchev–Trinajstić information content (AvgIpc) is 2.43. The van der Waals surface area contributed by atoms with Gasteiger partial charge in [-0.25, -0.2) is 4.98 Å². The molecule has 1 aromatic rings. The quantitative estimate of drug-likeness (QED) is 0.332. The van der Waals surface area contributed by atoms with Crippen LogP contribution in [0.1, 0.15) is 0 Å². The van der Waals surface area contributed by atoms with Gasteiger partial charge in [-0.3, -0.25) is 0 Å². The molecule has 1 rings (SSSR count). The first-order chi connectivity index (χ1) is 8.56. The van der Waals surface area contributed by atoms with Gasteiger partial charge in [0.05, 0.1) is 12.7 Å². The van der Waals surface area contributed by atoms with Crippen LogP contribution in [0, 0.1) is 0 Å². The van der Waals surface area contributed by atoms with E-state index >= 15 is 0 Å². The summed E-state index contributed by atoms with van der Waals surface area (Å²) in [7, 11) is 0. The van der Waals surface area contributed by atoms with Crippen LogP contribution >= 0.6 is 0 Å². The van der Waals surface area contributed by atoms with Crippen LogP contribution in [0.2, 0.25) is 0 Å². The van der Waals surface area contributed by atoms with Crippen molar-refractivity contribution in [1.29, 1.82) is 0 Å². The van der Waals surface area contributed by atoms with Crippen LogP contribution in [0.25, 0.3) is 0 Å². The number of anilines is 1. The SMILES string of the molecule is OC[C@@H](O)[C@@H](O)[C@H](O)[C@@H](O)CNc1ccccn1. The molecule has 6 N–H and O–H groups in total. The average molecular weight is 258 g/mol. The molecule has 4 atom stereocenters. The Labute approximate surface area is 104 Å². The smallest absolute Gasteiger partial charge is 0.125 e. The first kappa shape index (κ1) is 14.8. The zero-order chi connectivity index (χ0) is 13.5. The lowest BCUT2D eigenvalue weighted by Gasteiger charge is -2.25. The van der Waals surface area contributed by atoms with Crippen molar-refractivity contribution in [2.45, 2.75) is 24.4 Å². The molecule has 102 valence electrons. The van der Waals surface area contributed by atoms with Crippen molar-refractivity contribution < 1.29 is 25.5 Å². The van der Waals surface area contributed by atoms with Crippen LogP contribution in [0.4, 0.5) is 5.82 Å². The van der Waals surface area contributed by atoms with Crippen LogP contribution in [0.15, 0.2) is 24.4 Å². The zero-order valence-corrected chi connectivity index (χ0v) is 9.72. The van der Waals surface area contributed by atoms with Crippen molar-refractivity contribution in [2.75, 3.05) is 18.5 Å². The molecule has 0 aliphatic heterocycles. The largest absolute Gasteiger partial charge is 0.394 e. The Morgan fingerprint density at radius 2 is 1.72 bits per heavy atom. The fourth-order valence-electron chi connectivity index (χ4n) is 1.36. The molecule has 7 nitrogen and oxygen atoms in total. The third kappa shape index (κ3) is 4.21. The van der Waals surface area contributed by atoms with Crippen molar-refractivity contribution in [3.63, 3.8) is 0 Å². The van der Waals surface area contributed by atoms with E-state index in [0.29, 0.717) is 5.82 Å². The van der Waals surface area contributed by atoms with Gasteiger partial charge in [0.1, 0.15) is 24.1 Å². The molecule has 0 saturated heterocycles. The third-order valence-electron chi connectivity index (χ3n) is 2.48. The third-order valence-corrected chi connectivity index (χ3v) is 2.48. The predicted molar refractivity (Wildman–Crippen MR) is 63.8 cm³/mol. The Morgan fingerprint density at radius 1 is 1.06 bits per heavy atom. The van der Waals surface area contributed by atoms with E-state index in [1.165, 1.54) is 0 Å². The summed E-state index contributed by atoms with van der Waals surface area (Å²) in [6, 6.07) is 5.17. The summed E-state index contributed by atoms with van der Waals surface area (Å²) in [4.78, 5) is 3.95. The second kappa shape index (κ2) is 7.24. The minimum Gasteiger partial charge on any atom is -0.394 e. The molecule has 0 unspecified atom stereocenters. The van der Waals surface area contributed by atoms with Gasteiger partial charge in [-0.05, 0) is 12.1 Å². The first-order valence-corrected chi connectivity index (χ1v) is 5.54. The van der Waals surface area contributed by atoms with E-state index in [1.54, 1.807) is 24.4 Å². The highest BCUT2D eigenvalue weighted by Gasteiger charge is 2.29. The zero-order valence-electron chi connectivity index (χ0n) is 9.72. The summed E-state index contributed by atoms with van der Waals surface area (Å²) < 4.78 is 0. The number of hydrogen-bond acceptors (Lipinski definition) is 7. The number of rotatable bonds is 7. The Hall–Kier alpha value is -1.25. The fourth-order valence-corrected chi connectivity index (χ4v) is 1.36. The van der Waals surface area contributed by atoms with Crippen LogP contribution in [0.5, 0.6) is 0 Å². The molecule has 1 aromatic heterocycles. The van der Waals surface area contributed by atoms with Crippen molar-refractivity contribution in [3.05, 3.63) is 24.4 Å². The lowest BCUT2D eigenvalue weighted by atomic mass is 10.0. The molecular formula is C11H18N2O5. The maximum Gasteiger partial charge on any atom is 0.125 e. The summed E-state index contributed by atoms with van der Waals surface area (Å²) in [5.74, 6) is 0.515. The number of aromatic nitrogens is 1. The van der Waals surface area contributed by atoms with Gasteiger partial charge in [0, 0.05) is 12.7 Å². The summed E-state index contributed by atoms with van der Waals surface area (Å²) >= 11 is 0.